The maximum Gasteiger partial charge on any atom is 0.269 e. The third-order valence-corrected chi connectivity index (χ3v) is 23.4. The van der Waals surface area contributed by atoms with E-state index in [4.69, 9.17) is 5.73 Å². The van der Waals surface area contributed by atoms with Crippen molar-refractivity contribution in [1.82, 2.24) is 32.9 Å². The van der Waals surface area contributed by atoms with E-state index in [9.17, 15) is 33.7 Å². The first-order valence-corrected chi connectivity index (χ1v) is 30.9. The van der Waals surface area contributed by atoms with Gasteiger partial charge in [-0.25, -0.2) is 56.3 Å². The molecule has 7 aromatic rings. The van der Waals surface area contributed by atoms with Crippen LogP contribution in [0.15, 0.2) is 95.2 Å². The van der Waals surface area contributed by atoms with Gasteiger partial charge in [0.1, 0.15) is 11.0 Å². The zero-order chi connectivity index (χ0) is 50.2. The molecule has 4 fully saturated rings. The van der Waals surface area contributed by atoms with Crippen LogP contribution in [0.3, 0.4) is 0 Å². The van der Waals surface area contributed by atoms with E-state index in [-0.39, 0.29) is 61.6 Å². The Labute approximate surface area is 415 Å². The predicted octanol–water partition coefficient (Wildman–Crippen LogP) is 7.84. The Hall–Kier alpha value is -5.38. The summed E-state index contributed by atoms with van der Waals surface area (Å²) in [5.41, 5.74) is 11.3. The van der Waals surface area contributed by atoms with Gasteiger partial charge in [0, 0.05) is 29.2 Å². The number of benzene rings is 2. The smallest absolute Gasteiger partial charge is 0.269 e. The van der Waals surface area contributed by atoms with Gasteiger partial charge in [0.15, 0.2) is 31.0 Å². The van der Waals surface area contributed by atoms with Crippen molar-refractivity contribution >= 4 is 84.2 Å². The van der Waals surface area contributed by atoms with Crippen molar-refractivity contribution in [2.75, 3.05) is 22.6 Å². The van der Waals surface area contributed by atoms with Gasteiger partial charge in [-0.05, 0) is 125 Å². The third kappa shape index (κ3) is 9.46. The molecule has 0 spiro atoms. The molecule has 0 radical (unpaired) electrons. The number of sulfone groups is 2. The monoisotopic (exact) mass is 1040 g/mol. The number of hydrogen-bond donors (Lipinski definition) is 2. The van der Waals surface area contributed by atoms with Gasteiger partial charge >= 0.3 is 0 Å². The summed E-state index contributed by atoms with van der Waals surface area (Å²) in [6.45, 7) is 8.05. The minimum atomic E-state index is -3.83. The predicted molar refractivity (Wildman–Crippen MR) is 276 cm³/mol. The molecule has 6 atom stereocenters. The van der Waals surface area contributed by atoms with Crippen LogP contribution in [0.25, 0.3) is 33.1 Å². The lowest BCUT2D eigenvalue weighted by atomic mass is 10.00. The number of nitrogens with one attached hydrogen (secondary N) is 1. The highest BCUT2D eigenvalue weighted by Gasteiger charge is 2.43. The van der Waals surface area contributed by atoms with E-state index in [0.717, 1.165) is 80.9 Å². The van der Waals surface area contributed by atoms with Crippen LogP contribution in [-0.2, 0) is 39.7 Å². The average molecular weight is 1040 g/mol. The van der Waals surface area contributed by atoms with Gasteiger partial charge in [-0.1, -0.05) is 67.3 Å². The molecule has 5 aromatic heterocycles. The lowest BCUT2D eigenvalue weighted by molar-refractivity contribution is 0.346. The number of rotatable bonds is 15. The number of aromatic nitrogens is 7. The van der Waals surface area contributed by atoms with Crippen LogP contribution in [0.1, 0.15) is 95.2 Å². The van der Waals surface area contributed by atoms with Crippen molar-refractivity contribution in [3.8, 4) is 0 Å². The first-order valence-electron chi connectivity index (χ1n) is 24.6. The second-order valence-corrected chi connectivity index (χ2v) is 28.6. The number of pyridine rings is 2. The van der Waals surface area contributed by atoms with Gasteiger partial charge < -0.3 is 11.1 Å². The fourth-order valence-corrected chi connectivity index (χ4v) is 17.8. The maximum atomic E-state index is 13.4. The van der Waals surface area contributed by atoms with Gasteiger partial charge in [-0.2, -0.15) is 0 Å². The third-order valence-electron chi connectivity index (χ3n) is 15.2. The second kappa shape index (κ2) is 18.6. The van der Waals surface area contributed by atoms with E-state index in [1.807, 2.05) is 18.5 Å². The summed E-state index contributed by atoms with van der Waals surface area (Å²) in [5, 5.41) is 13.4. The highest BCUT2D eigenvalue weighted by atomic mass is 32.2. The van der Waals surface area contributed by atoms with Gasteiger partial charge in [0.25, 0.3) is 20.0 Å². The molecule has 3 N–H and O–H groups in total. The lowest BCUT2D eigenvalue weighted by Gasteiger charge is -2.22. The molecule has 0 aliphatic heterocycles. The number of aryl methyl sites for hydroxylation is 2. The largest absolute Gasteiger partial charge is 0.396 e. The van der Waals surface area contributed by atoms with Gasteiger partial charge in [0.2, 0.25) is 0 Å². The van der Waals surface area contributed by atoms with Gasteiger partial charge in [-0.3, -0.25) is 0 Å². The maximum absolute atomic E-state index is 13.4. The molecule has 378 valence electrons. The first-order chi connectivity index (χ1) is 33.8. The molecule has 21 heteroatoms. The number of anilines is 2. The quantitative estimate of drug-likeness (QED) is 0.0995. The van der Waals surface area contributed by atoms with E-state index < -0.39 is 39.7 Å². The van der Waals surface area contributed by atoms with Crippen LogP contribution >= 0.6 is 0 Å². The van der Waals surface area contributed by atoms with Crippen molar-refractivity contribution in [3.63, 3.8) is 0 Å². The van der Waals surface area contributed by atoms with Crippen molar-refractivity contribution in [3.05, 3.63) is 96.6 Å². The molecule has 4 aliphatic rings. The van der Waals surface area contributed by atoms with Crippen LogP contribution in [0.4, 0.5) is 11.4 Å². The molecular weight excluding hydrogens is 983 g/mol. The highest BCUT2D eigenvalue weighted by Crippen LogP contribution is 2.45. The molecule has 17 nitrogen and oxygen atoms in total. The van der Waals surface area contributed by atoms with E-state index >= 15 is 0 Å². The first kappa shape index (κ1) is 49.2. The molecule has 5 heterocycles. The minimum Gasteiger partial charge on any atom is -0.396 e. The standard InChI is InChI=1S/C25H29N5O4S2.C25H32N4O4S2/c1-3-18-12-17(15-35(31,32)19-8-9-19)13-23(18)30-24-21-10-11-29(25(21)26-14-22(24)27-28-30)36(33,34)20-6-4-16(2)5-7-20;1-3-18-12-17(15-34(30,31)19-8-9-19)13-23(18)28-24-21-10-11-29(25(21)27-14-22(24)26)35(32,33)20-6-4-16(2)5-7-20/h4-7,10-11,14,17-19,23H,3,8-9,12-13,15H2,1-2H3;4-7,10-11,14,17-19,23H,3,8-9,12-13,15,26H2,1-2H3,(H,27,28)/t17-,18+,23-;17?,18-,23+/m01/s1. The molecular formula is C50H61N9O8S4. The number of nitrogen functional groups attached to an aromatic ring is 1. The fourth-order valence-electron chi connectivity index (χ4n) is 11.1. The summed E-state index contributed by atoms with van der Waals surface area (Å²) in [4.78, 5) is 9.18. The van der Waals surface area contributed by atoms with Crippen LogP contribution in [0.5, 0.6) is 0 Å². The molecule has 0 bridgehead atoms. The van der Waals surface area contributed by atoms with Crippen molar-refractivity contribution in [1.29, 1.82) is 0 Å². The van der Waals surface area contributed by atoms with Gasteiger partial charge in [0.05, 0.1) is 61.6 Å². The minimum absolute atomic E-state index is 0.00191. The van der Waals surface area contributed by atoms with E-state index in [1.54, 1.807) is 66.9 Å². The SMILES string of the molecule is CC[C@@H]1CC(CS(=O)(=O)C2CC2)C[C@@H]1Nc1c(N)cnc2c1ccn2S(=O)(=O)c1ccc(C)cc1.CC[C@@H]1C[C@H](CS(=O)(=O)C2CC2)C[C@@H]1n1nnc2cnc3c(ccn3S(=O)(=O)c3ccc(C)cc3)c21. The Balaban J connectivity index is 0.000000164. The molecule has 2 aromatic carbocycles. The molecule has 0 saturated heterocycles. The van der Waals surface area contributed by atoms with E-state index in [2.05, 4.69) is 39.4 Å². The molecule has 1 unspecified atom stereocenters. The number of hydrogen-bond acceptors (Lipinski definition) is 14. The normalized spacial score (nSPS) is 23.1. The summed E-state index contributed by atoms with van der Waals surface area (Å²) in [5.74, 6) is 1.28. The van der Waals surface area contributed by atoms with E-state index in [1.165, 1.54) is 26.5 Å². The Morgan fingerprint density at radius 3 is 1.65 bits per heavy atom. The second-order valence-electron chi connectivity index (χ2n) is 20.3. The lowest BCUT2D eigenvalue weighted by Crippen LogP contribution is -2.25. The van der Waals surface area contributed by atoms with Crippen molar-refractivity contribution in [2.24, 2.45) is 23.7 Å². The van der Waals surface area contributed by atoms with Gasteiger partial charge in [-0.15, -0.1) is 5.10 Å². The number of nitrogens with zero attached hydrogens (tertiary/aromatic N) is 7. The molecule has 4 aliphatic carbocycles. The summed E-state index contributed by atoms with van der Waals surface area (Å²) in [7, 11) is -13.7. The molecule has 0 amide bonds. The average Bonchev–Trinajstić information content (AvgIpc) is 4.14. The van der Waals surface area contributed by atoms with Crippen LogP contribution < -0.4 is 11.1 Å². The highest BCUT2D eigenvalue weighted by molar-refractivity contribution is 7.92. The van der Waals surface area contributed by atoms with Crippen molar-refractivity contribution < 1.29 is 33.7 Å². The Bertz CT molecular complexity index is 3600. The van der Waals surface area contributed by atoms with Crippen LogP contribution in [-0.4, -0.2) is 94.6 Å². The molecule has 4 saturated carbocycles. The van der Waals surface area contributed by atoms with Crippen molar-refractivity contribution in [2.45, 2.75) is 124 Å². The summed E-state index contributed by atoms with van der Waals surface area (Å²) in [6, 6.07) is 17.0. The van der Waals surface area contributed by atoms with Crippen LogP contribution in [0.2, 0.25) is 0 Å². The van der Waals surface area contributed by atoms with E-state index in [0.29, 0.717) is 44.9 Å². The Morgan fingerprint density at radius 2 is 1.11 bits per heavy atom. The van der Waals surface area contributed by atoms with Crippen LogP contribution in [0, 0.1) is 37.5 Å². The Morgan fingerprint density at radius 1 is 0.620 bits per heavy atom. The zero-order valence-electron chi connectivity index (χ0n) is 40.3. The molecule has 71 heavy (non-hydrogen) atoms. The zero-order valence-corrected chi connectivity index (χ0v) is 43.6. The summed E-state index contributed by atoms with van der Waals surface area (Å²) in [6.07, 6.45) is 14.2. The summed E-state index contributed by atoms with van der Waals surface area (Å²) >= 11 is 0. The number of fused-ring (bicyclic) bond motifs is 4. The topological polar surface area (TPSA) is 241 Å². The Kier molecular flexibility index (Phi) is 12.9. The molecule has 11 rings (SSSR count). The summed E-state index contributed by atoms with van der Waals surface area (Å²) < 4.78 is 108. The fraction of sp³-hybridized carbons (Fsp3) is 0.480. The number of nitrogens with two attached hydrogens (primary N) is 1.